The van der Waals surface area contributed by atoms with Gasteiger partial charge in [-0.05, 0) is 72.6 Å². The number of ketones is 1. The number of aromatic nitrogens is 2. The van der Waals surface area contributed by atoms with Crippen molar-refractivity contribution in [2.24, 2.45) is 11.8 Å². The van der Waals surface area contributed by atoms with Gasteiger partial charge < -0.3 is 5.11 Å². The van der Waals surface area contributed by atoms with Crippen molar-refractivity contribution in [3.05, 3.63) is 95.6 Å². The summed E-state index contributed by atoms with van der Waals surface area (Å²) in [6, 6.07) is 18.9. The molecule has 0 aliphatic heterocycles. The summed E-state index contributed by atoms with van der Waals surface area (Å²) in [6.45, 7) is 14.9. The van der Waals surface area contributed by atoms with Crippen LogP contribution in [0.3, 0.4) is 0 Å². The molecule has 47 heavy (non-hydrogen) atoms. The Bertz CT molecular complexity index is 1880. The number of allylic oxidation sites excluding steroid dienone is 2. The second kappa shape index (κ2) is 15.8. The van der Waals surface area contributed by atoms with E-state index in [4.69, 9.17) is 4.98 Å². The number of hydrogen-bond donors (Lipinski definition) is 1. The molecule has 249 valence electrons. The zero-order valence-electron chi connectivity index (χ0n) is 28.7. The van der Waals surface area contributed by atoms with Crippen LogP contribution in [0.4, 0.5) is 0 Å². The molecule has 1 aliphatic rings. The molecule has 4 nitrogen and oxygen atoms in total. The van der Waals surface area contributed by atoms with Crippen LogP contribution in [0.5, 0.6) is 0 Å². The molecule has 0 atom stereocenters. The van der Waals surface area contributed by atoms with Crippen LogP contribution in [0.2, 0.25) is 0 Å². The zero-order chi connectivity index (χ0) is 33.0. The van der Waals surface area contributed by atoms with Gasteiger partial charge in [0, 0.05) is 77.4 Å². The van der Waals surface area contributed by atoms with Crippen LogP contribution in [0.15, 0.2) is 72.9 Å². The predicted octanol–water partition coefficient (Wildman–Crippen LogP) is 11.2. The van der Waals surface area contributed by atoms with Crippen LogP contribution in [0.25, 0.3) is 42.6 Å². The van der Waals surface area contributed by atoms with E-state index >= 15 is 0 Å². The minimum atomic E-state index is 0. The van der Waals surface area contributed by atoms with E-state index in [2.05, 4.69) is 74.3 Å². The van der Waals surface area contributed by atoms with Crippen molar-refractivity contribution in [3.8, 4) is 21.7 Å². The molecule has 0 fully saturated rings. The van der Waals surface area contributed by atoms with Crippen molar-refractivity contribution in [1.29, 1.82) is 0 Å². The number of aliphatic hydroxyl groups excluding tert-OH is 1. The average Bonchev–Trinajstić information content (AvgIpc) is 3.45. The van der Waals surface area contributed by atoms with Crippen LogP contribution in [-0.4, -0.2) is 20.9 Å². The van der Waals surface area contributed by atoms with Crippen molar-refractivity contribution in [2.45, 2.75) is 92.4 Å². The van der Waals surface area contributed by atoms with E-state index in [1.807, 2.05) is 57.6 Å². The number of nitrogens with zero attached hydrogens (tertiary/aromatic N) is 2. The van der Waals surface area contributed by atoms with E-state index in [1.54, 1.807) is 0 Å². The van der Waals surface area contributed by atoms with Gasteiger partial charge >= 0.3 is 0 Å². The Morgan fingerprint density at radius 3 is 2.36 bits per heavy atom. The summed E-state index contributed by atoms with van der Waals surface area (Å²) in [4.78, 5) is 22.4. The van der Waals surface area contributed by atoms with E-state index < -0.39 is 0 Å². The number of aryl methyl sites for hydroxylation is 2. The average molecular weight is 824 g/mol. The maximum atomic E-state index is 11.7. The van der Waals surface area contributed by atoms with E-state index in [-0.39, 0.29) is 48.9 Å². The predicted molar refractivity (Wildman–Crippen MR) is 195 cm³/mol. The standard InChI is InChI=1S/C28H23N2S.C13H24O2.Ir/c1-28(2,3)23-15-19(14-18-6-4-5-7-20(18)23)26-25-21-9-8-17-10-12-29-16-22(17)27(21)31-24(25)11-13-30-26;1-5-10(6-2)12(14)9-13(15)11(7-3)8-4;/h4-7,10-13,15-16H,8-9H2,1-3H3;9-11,14H,5-8H2,1-4H3;/q-1;;/b;12-9-;. The van der Waals surface area contributed by atoms with Crippen molar-refractivity contribution >= 4 is 38.0 Å². The number of rotatable bonds is 8. The van der Waals surface area contributed by atoms with Gasteiger partial charge in [0.05, 0.1) is 5.76 Å². The quantitative estimate of drug-likeness (QED) is 0.0962. The van der Waals surface area contributed by atoms with Crippen LogP contribution in [0, 0.1) is 17.9 Å². The fourth-order valence-electron chi connectivity index (χ4n) is 6.63. The number of thiophene rings is 1. The first-order valence-electron chi connectivity index (χ1n) is 16.8. The third kappa shape index (κ3) is 7.77. The van der Waals surface area contributed by atoms with Gasteiger partial charge in [0.15, 0.2) is 5.78 Å². The molecule has 0 saturated carbocycles. The molecular weight excluding hydrogens is 777 g/mol. The molecule has 0 spiro atoms. The monoisotopic (exact) mass is 824 g/mol. The van der Waals surface area contributed by atoms with Crippen LogP contribution < -0.4 is 0 Å². The van der Waals surface area contributed by atoms with Crippen LogP contribution >= 0.6 is 11.3 Å². The summed E-state index contributed by atoms with van der Waals surface area (Å²) in [5.41, 5.74) is 7.63. The van der Waals surface area contributed by atoms with Crippen molar-refractivity contribution in [1.82, 2.24) is 9.97 Å². The molecule has 0 saturated heterocycles. The maximum absolute atomic E-state index is 11.7. The summed E-state index contributed by atoms with van der Waals surface area (Å²) in [5, 5.41) is 13.5. The number of carbonyl (C=O) groups is 1. The Hall–Kier alpha value is -3.18. The van der Waals surface area contributed by atoms with E-state index in [0.717, 1.165) is 55.2 Å². The van der Waals surface area contributed by atoms with Crippen molar-refractivity contribution < 1.29 is 30.0 Å². The van der Waals surface area contributed by atoms with Crippen LogP contribution in [0.1, 0.15) is 90.8 Å². The van der Waals surface area contributed by atoms with Gasteiger partial charge in [-0.1, -0.05) is 77.6 Å². The summed E-state index contributed by atoms with van der Waals surface area (Å²) in [6.07, 6.45) is 12.9. The second-order valence-corrected chi connectivity index (χ2v) is 14.4. The molecule has 1 N–H and O–H groups in total. The minimum Gasteiger partial charge on any atom is -0.512 e. The Morgan fingerprint density at radius 1 is 0.979 bits per heavy atom. The Balaban J connectivity index is 0.000000269. The van der Waals surface area contributed by atoms with Gasteiger partial charge in [0.2, 0.25) is 0 Å². The van der Waals surface area contributed by atoms with E-state index in [0.29, 0.717) is 0 Å². The Kier molecular flexibility index (Phi) is 12.3. The summed E-state index contributed by atoms with van der Waals surface area (Å²) in [5.74, 6) is 0.547. The second-order valence-electron chi connectivity index (χ2n) is 13.4. The van der Waals surface area contributed by atoms with Crippen molar-refractivity contribution in [2.75, 3.05) is 0 Å². The molecule has 2 aromatic carbocycles. The normalized spacial score (nSPS) is 12.8. The van der Waals surface area contributed by atoms with Gasteiger partial charge in [-0.25, -0.2) is 0 Å². The number of carbonyl (C=O) groups excluding carboxylic acids is 1. The topological polar surface area (TPSA) is 63.1 Å². The zero-order valence-corrected chi connectivity index (χ0v) is 32.0. The molecule has 0 bridgehead atoms. The number of pyridine rings is 2. The first-order chi connectivity index (χ1) is 22.1. The molecule has 3 aromatic heterocycles. The smallest absolute Gasteiger partial charge is 0.162 e. The molecular formula is C41H47IrN2O2S-. The minimum absolute atomic E-state index is 0. The summed E-state index contributed by atoms with van der Waals surface area (Å²) < 4.78 is 1.30. The van der Waals surface area contributed by atoms with Crippen molar-refractivity contribution in [3.63, 3.8) is 0 Å². The fourth-order valence-corrected chi connectivity index (χ4v) is 7.92. The number of aliphatic hydroxyl groups is 1. The van der Waals surface area contributed by atoms with E-state index in [9.17, 15) is 9.90 Å². The Morgan fingerprint density at radius 2 is 1.68 bits per heavy atom. The molecule has 1 radical (unpaired) electrons. The molecule has 0 unspecified atom stereocenters. The largest absolute Gasteiger partial charge is 0.512 e. The fraction of sp³-hybridized carbons (Fsp3) is 0.390. The SMILES string of the molecule is CC(C)(C)c1cc(-c2nccc3sc4c(c23)CCc2ccncc2-4)[c-]c2ccccc12.CCC(CC)C(=O)/C=C(\O)C(CC)CC.[Ir]. The number of fused-ring (bicyclic) bond motifs is 6. The molecule has 5 aromatic rings. The van der Waals surface area contributed by atoms with Gasteiger partial charge in [-0.2, -0.15) is 0 Å². The van der Waals surface area contributed by atoms with Gasteiger partial charge in [-0.15, -0.1) is 40.5 Å². The van der Waals surface area contributed by atoms with Gasteiger partial charge in [-0.3, -0.25) is 14.8 Å². The first kappa shape index (κ1) is 36.7. The third-order valence-electron chi connectivity index (χ3n) is 9.42. The third-order valence-corrected chi connectivity index (χ3v) is 10.7. The maximum Gasteiger partial charge on any atom is 0.162 e. The molecule has 3 heterocycles. The number of benzene rings is 2. The Labute approximate surface area is 298 Å². The van der Waals surface area contributed by atoms with Crippen LogP contribution in [-0.2, 0) is 43.2 Å². The van der Waals surface area contributed by atoms with Gasteiger partial charge in [0.25, 0.3) is 0 Å². The van der Waals surface area contributed by atoms with E-state index in [1.165, 1.54) is 48.7 Å². The molecule has 1 aliphatic carbocycles. The summed E-state index contributed by atoms with van der Waals surface area (Å²) >= 11 is 1.87. The summed E-state index contributed by atoms with van der Waals surface area (Å²) in [7, 11) is 0. The van der Waals surface area contributed by atoms with Gasteiger partial charge in [0.1, 0.15) is 0 Å². The number of hydrogen-bond acceptors (Lipinski definition) is 5. The molecule has 6 rings (SSSR count). The molecule has 0 amide bonds. The first-order valence-corrected chi connectivity index (χ1v) is 17.7. The molecule has 6 heteroatoms.